The summed E-state index contributed by atoms with van der Waals surface area (Å²) in [6.07, 6.45) is 4.65. The van der Waals surface area contributed by atoms with Crippen molar-refractivity contribution in [2.45, 2.75) is 71.8 Å². The van der Waals surface area contributed by atoms with E-state index in [1.807, 2.05) is 12.1 Å². The van der Waals surface area contributed by atoms with Gasteiger partial charge in [0.1, 0.15) is 5.75 Å². The van der Waals surface area contributed by atoms with Crippen LogP contribution in [0.1, 0.15) is 65.9 Å². The molecule has 0 saturated heterocycles. The second kappa shape index (κ2) is 9.37. The van der Waals surface area contributed by atoms with Crippen molar-refractivity contribution >= 4 is 21.6 Å². The molecule has 164 valence electrons. The predicted octanol–water partition coefficient (Wildman–Crippen LogP) is 3.84. The average molecular weight is 425 g/mol. The van der Waals surface area contributed by atoms with E-state index in [1.165, 1.54) is 10.6 Å². The summed E-state index contributed by atoms with van der Waals surface area (Å²) >= 11 is 0. The number of carbonyl (C=O) groups is 1. The lowest BCUT2D eigenvalue weighted by molar-refractivity contribution is -0.127. The largest absolute Gasteiger partial charge is 0.476 e. The van der Waals surface area contributed by atoms with Gasteiger partial charge in [0.15, 0.2) is 6.10 Å². The Balaban J connectivity index is 2.21. The van der Waals surface area contributed by atoms with E-state index in [0.717, 1.165) is 31.2 Å². The minimum absolute atomic E-state index is 0.0169. The standard InChI is InChI=1S/C22H36N2O4S/c1-7-9-10-16(8-2)14-23-21(25)20-15-24(29(6,26)27)18-13-17(22(3,4)5)11-12-19(18)28-20/h11-13,16,20H,7-10,14-15H2,1-6H3,(H,23,25)/t16-,20-/m0/s1. The van der Waals surface area contributed by atoms with Crippen molar-refractivity contribution in [2.75, 3.05) is 23.7 Å². The van der Waals surface area contributed by atoms with E-state index in [1.54, 1.807) is 6.07 Å². The Kier molecular flexibility index (Phi) is 7.60. The number of nitrogens with one attached hydrogen (secondary N) is 1. The van der Waals surface area contributed by atoms with Gasteiger partial charge >= 0.3 is 0 Å². The number of sulfonamides is 1. The van der Waals surface area contributed by atoms with Crippen LogP contribution in [0.3, 0.4) is 0 Å². The summed E-state index contributed by atoms with van der Waals surface area (Å²) in [6, 6.07) is 5.55. The number of fused-ring (bicyclic) bond motifs is 1. The Morgan fingerprint density at radius 1 is 1.31 bits per heavy atom. The summed E-state index contributed by atoms with van der Waals surface area (Å²) in [6.45, 7) is 11.1. The van der Waals surface area contributed by atoms with Crippen molar-refractivity contribution in [3.8, 4) is 5.75 Å². The SMILES string of the molecule is CCCC[C@H](CC)CNC(=O)[C@@H]1CN(S(C)(=O)=O)c2cc(C(C)(C)C)ccc2O1. The van der Waals surface area contributed by atoms with Gasteiger partial charge in [-0.3, -0.25) is 9.10 Å². The highest BCUT2D eigenvalue weighted by molar-refractivity contribution is 7.92. The van der Waals surface area contributed by atoms with Crippen LogP contribution in [0.15, 0.2) is 18.2 Å². The number of rotatable bonds is 8. The van der Waals surface area contributed by atoms with E-state index in [4.69, 9.17) is 4.74 Å². The van der Waals surface area contributed by atoms with Gasteiger partial charge in [-0.25, -0.2) is 8.42 Å². The molecule has 0 fully saturated rings. The Bertz CT molecular complexity index is 815. The molecule has 1 amide bonds. The van der Waals surface area contributed by atoms with E-state index in [-0.39, 0.29) is 17.9 Å². The Labute approximate surface area is 176 Å². The van der Waals surface area contributed by atoms with E-state index >= 15 is 0 Å². The number of nitrogens with zero attached hydrogens (tertiary/aromatic N) is 1. The number of anilines is 1. The number of unbranched alkanes of at least 4 members (excludes halogenated alkanes) is 1. The van der Waals surface area contributed by atoms with Gasteiger partial charge in [0.2, 0.25) is 10.0 Å². The molecule has 0 aliphatic carbocycles. The van der Waals surface area contributed by atoms with Crippen LogP contribution in [0.4, 0.5) is 5.69 Å². The summed E-state index contributed by atoms with van der Waals surface area (Å²) in [4.78, 5) is 12.7. The maximum absolute atomic E-state index is 12.7. The third-order valence-electron chi connectivity index (χ3n) is 5.50. The van der Waals surface area contributed by atoms with E-state index in [2.05, 4.69) is 39.9 Å². The molecule has 1 aliphatic rings. The van der Waals surface area contributed by atoms with Crippen LogP contribution in [0.5, 0.6) is 5.75 Å². The summed E-state index contributed by atoms with van der Waals surface area (Å²) in [5, 5.41) is 2.97. The molecule has 1 aromatic rings. The Hall–Kier alpha value is -1.76. The lowest BCUT2D eigenvalue weighted by Gasteiger charge is -2.35. The van der Waals surface area contributed by atoms with E-state index < -0.39 is 16.1 Å². The molecule has 1 heterocycles. The minimum atomic E-state index is -3.54. The van der Waals surface area contributed by atoms with Crippen molar-refractivity contribution in [1.29, 1.82) is 0 Å². The molecule has 0 radical (unpaired) electrons. The zero-order valence-corrected chi connectivity index (χ0v) is 19.4. The normalized spacial score (nSPS) is 18.0. The third-order valence-corrected chi connectivity index (χ3v) is 6.64. The van der Waals surface area contributed by atoms with E-state index in [9.17, 15) is 13.2 Å². The average Bonchev–Trinajstić information content (AvgIpc) is 2.65. The molecule has 1 N–H and O–H groups in total. The first kappa shape index (κ1) is 23.5. The second-order valence-corrected chi connectivity index (χ2v) is 10.9. The first-order valence-corrected chi connectivity index (χ1v) is 12.4. The topological polar surface area (TPSA) is 75.7 Å². The predicted molar refractivity (Wildman–Crippen MR) is 118 cm³/mol. The van der Waals surface area contributed by atoms with Gasteiger partial charge in [0.25, 0.3) is 5.91 Å². The number of hydrogen-bond acceptors (Lipinski definition) is 4. The van der Waals surface area contributed by atoms with Crippen molar-refractivity contribution < 1.29 is 17.9 Å². The van der Waals surface area contributed by atoms with Gasteiger partial charge in [-0.1, -0.05) is 59.9 Å². The molecule has 0 saturated carbocycles. The Morgan fingerprint density at radius 2 is 2.00 bits per heavy atom. The highest BCUT2D eigenvalue weighted by Crippen LogP contribution is 2.38. The van der Waals surface area contributed by atoms with Crippen molar-refractivity contribution in [3.63, 3.8) is 0 Å². The molecular weight excluding hydrogens is 388 g/mol. The second-order valence-electron chi connectivity index (χ2n) is 8.99. The maximum atomic E-state index is 12.7. The molecule has 2 rings (SSSR count). The lowest BCUT2D eigenvalue weighted by atomic mass is 9.86. The van der Waals surface area contributed by atoms with Crippen LogP contribution in [-0.2, 0) is 20.2 Å². The van der Waals surface area contributed by atoms with Crippen molar-refractivity contribution in [1.82, 2.24) is 5.32 Å². The van der Waals surface area contributed by atoms with Crippen molar-refractivity contribution in [3.05, 3.63) is 23.8 Å². The highest BCUT2D eigenvalue weighted by Gasteiger charge is 2.35. The van der Waals surface area contributed by atoms with Crippen LogP contribution in [0.25, 0.3) is 0 Å². The van der Waals surface area contributed by atoms with Gasteiger partial charge in [0.05, 0.1) is 18.5 Å². The van der Waals surface area contributed by atoms with Gasteiger partial charge < -0.3 is 10.1 Å². The van der Waals surface area contributed by atoms with Gasteiger partial charge in [0, 0.05) is 6.54 Å². The zero-order chi connectivity index (χ0) is 21.8. The molecule has 0 unspecified atom stereocenters. The van der Waals surface area contributed by atoms with E-state index in [0.29, 0.717) is 23.9 Å². The summed E-state index contributed by atoms with van der Waals surface area (Å²) in [5.74, 6) is 0.585. The van der Waals surface area contributed by atoms with Gasteiger partial charge in [-0.05, 0) is 35.4 Å². The molecule has 0 bridgehead atoms. The molecule has 7 heteroatoms. The molecule has 0 aromatic heterocycles. The van der Waals surface area contributed by atoms with Crippen LogP contribution in [-0.4, -0.2) is 39.8 Å². The molecule has 29 heavy (non-hydrogen) atoms. The fourth-order valence-electron chi connectivity index (χ4n) is 3.47. The fourth-order valence-corrected chi connectivity index (χ4v) is 4.38. The summed E-state index contributed by atoms with van der Waals surface area (Å²) in [5.41, 5.74) is 1.39. The van der Waals surface area contributed by atoms with Crippen LogP contribution >= 0.6 is 0 Å². The molecule has 1 aromatic carbocycles. The molecule has 0 spiro atoms. The van der Waals surface area contributed by atoms with Gasteiger partial charge in [-0.15, -0.1) is 0 Å². The number of hydrogen-bond donors (Lipinski definition) is 1. The maximum Gasteiger partial charge on any atom is 0.263 e. The highest BCUT2D eigenvalue weighted by atomic mass is 32.2. The smallest absolute Gasteiger partial charge is 0.263 e. The molecular formula is C22H36N2O4S. The Morgan fingerprint density at radius 3 is 2.55 bits per heavy atom. The summed E-state index contributed by atoms with van der Waals surface area (Å²) in [7, 11) is -3.54. The minimum Gasteiger partial charge on any atom is -0.476 e. The number of carbonyl (C=O) groups excluding carboxylic acids is 1. The first-order chi connectivity index (χ1) is 13.5. The quantitative estimate of drug-likeness (QED) is 0.688. The molecule has 1 aliphatic heterocycles. The zero-order valence-electron chi connectivity index (χ0n) is 18.6. The number of amides is 1. The fraction of sp³-hybridized carbons (Fsp3) is 0.682. The first-order valence-electron chi connectivity index (χ1n) is 10.5. The molecule has 6 nitrogen and oxygen atoms in total. The van der Waals surface area contributed by atoms with Gasteiger partial charge in [-0.2, -0.15) is 0 Å². The summed E-state index contributed by atoms with van der Waals surface area (Å²) < 4.78 is 32.1. The van der Waals surface area contributed by atoms with Crippen molar-refractivity contribution in [2.24, 2.45) is 5.92 Å². The number of benzene rings is 1. The van der Waals surface area contributed by atoms with Crippen LogP contribution in [0, 0.1) is 5.92 Å². The number of ether oxygens (including phenoxy) is 1. The van der Waals surface area contributed by atoms with Crippen LogP contribution in [0.2, 0.25) is 0 Å². The molecule has 2 atom stereocenters. The third kappa shape index (κ3) is 6.11. The lowest BCUT2D eigenvalue weighted by Crippen LogP contribution is -2.51. The monoisotopic (exact) mass is 424 g/mol. The van der Waals surface area contributed by atoms with Crippen LogP contribution < -0.4 is 14.4 Å².